The van der Waals surface area contributed by atoms with Crippen LogP contribution in [0.2, 0.25) is 0 Å². The first kappa shape index (κ1) is 15.4. The zero-order valence-corrected chi connectivity index (χ0v) is 11.8. The van der Waals surface area contributed by atoms with E-state index in [1.165, 1.54) is 6.92 Å². The van der Waals surface area contributed by atoms with Crippen molar-refractivity contribution in [3.63, 3.8) is 0 Å². The van der Waals surface area contributed by atoms with Crippen LogP contribution in [0.25, 0.3) is 0 Å². The maximum absolute atomic E-state index is 11.9. The van der Waals surface area contributed by atoms with Gasteiger partial charge in [0.2, 0.25) is 5.91 Å². The predicted molar refractivity (Wildman–Crippen MR) is 74.6 cm³/mol. The van der Waals surface area contributed by atoms with Crippen molar-refractivity contribution in [1.29, 1.82) is 0 Å². The molecule has 2 amide bonds. The van der Waals surface area contributed by atoms with Crippen molar-refractivity contribution in [2.24, 2.45) is 0 Å². The molecule has 0 aromatic heterocycles. The van der Waals surface area contributed by atoms with Crippen LogP contribution >= 0.6 is 0 Å². The van der Waals surface area contributed by atoms with Gasteiger partial charge in [-0.1, -0.05) is 37.3 Å². The second-order valence-corrected chi connectivity index (χ2v) is 5.76. The lowest BCUT2D eigenvalue weighted by atomic mass is 10.2. The fourth-order valence-electron chi connectivity index (χ4n) is 1.48. The summed E-state index contributed by atoms with van der Waals surface area (Å²) in [5, 5.41) is 4.09. The van der Waals surface area contributed by atoms with E-state index in [2.05, 4.69) is 10.6 Å². The van der Waals surface area contributed by atoms with Gasteiger partial charge in [-0.3, -0.25) is 13.8 Å². The molecule has 1 aromatic carbocycles. The molecule has 0 fully saturated rings. The Labute approximate surface area is 115 Å². The normalized spacial score (nSPS) is 13.4. The Kier molecular flexibility index (Phi) is 6.21. The summed E-state index contributed by atoms with van der Waals surface area (Å²) in [6.45, 7) is 3.34. The van der Waals surface area contributed by atoms with Gasteiger partial charge in [-0.25, -0.2) is 0 Å². The van der Waals surface area contributed by atoms with Crippen molar-refractivity contribution in [1.82, 2.24) is 10.6 Å². The van der Waals surface area contributed by atoms with Crippen LogP contribution in [0.1, 0.15) is 19.4 Å². The highest BCUT2D eigenvalue weighted by Gasteiger charge is 2.24. The first-order valence-corrected chi connectivity index (χ1v) is 7.38. The van der Waals surface area contributed by atoms with E-state index in [1.54, 1.807) is 6.92 Å². The van der Waals surface area contributed by atoms with Gasteiger partial charge in [0.1, 0.15) is 0 Å². The molecule has 0 aliphatic carbocycles. The molecule has 0 saturated heterocycles. The van der Waals surface area contributed by atoms with Crippen LogP contribution in [-0.2, 0) is 26.9 Å². The lowest BCUT2D eigenvalue weighted by Crippen LogP contribution is -2.48. The van der Waals surface area contributed by atoms with Crippen LogP contribution in [0.4, 0.5) is 0 Å². The molecule has 0 aliphatic rings. The molecule has 2 N–H and O–H groups in total. The van der Waals surface area contributed by atoms with Gasteiger partial charge in [0.05, 0.1) is 10.8 Å². The molecular weight excluding hydrogens is 264 g/mol. The lowest BCUT2D eigenvalue weighted by molar-refractivity contribution is -0.126. The highest BCUT2D eigenvalue weighted by molar-refractivity contribution is 7.86. The predicted octanol–water partition coefficient (Wildman–Crippen LogP) is 0.534. The van der Waals surface area contributed by atoms with Gasteiger partial charge >= 0.3 is 0 Å². The summed E-state index contributed by atoms with van der Waals surface area (Å²) in [7, 11) is -1.42. The van der Waals surface area contributed by atoms with Crippen molar-refractivity contribution in [2.75, 3.05) is 5.75 Å². The summed E-state index contributed by atoms with van der Waals surface area (Å²) in [4.78, 5) is 23.0. The van der Waals surface area contributed by atoms with Crippen LogP contribution in [0.3, 0.4) is 0 Å². The number of hydrogen-bond acceptors (Lipinski definition) is 3. The number of benzene rings is 1. The first-order chi connectivity index (χ1) is 9.04. The van der Waals surface area contributed by atoms with Crippen molar-refractivity contribution >= 4 is 22.6 Å². The number of hydrogen-bond donors (Lipinski definition) is 2. The quantitative estimate of drug-likeness (QED) is 0.799. The van der Waals surface area contributed by atoms with E-state index >= 15 is 0 Å². The van der Waals surface area contributed by atoms with Gasteiger partial charge in [0.25, 0.3) is 5.91 Å². The SMILES string of the molecule is CC[S@](=O)C(NC(C)=O)C(=O)NCc1ccccc1. The van der Waals surface area contributed by atoms with Gasteiger partial charge in [-0.05, 0) is 5.56 Å². The minimum Gasteiger partial charge on any atom is -0.349 e. The van der Waals surface area contributed by atoms with E-state index in [-0.39, 0.29) is 5.91 Å². The van der Waals surface area contributed by atoms with Gasteiger partial charge < -0.3 is 10.6 Å². The second kappa shape index (κ2) is 7.68. The third-order valence-electron chi connectivity index (χ3n) is 2.43. The second-order valence-electron chi connectivity index (χ2n) is 3.95. The summed E-state index contributed by atoms with van der Waals surface area (Å²) in [5.74, 6) is -0.495. The Hall–Kier alpha value is -1.69. The number of carbonyl (C=O) groups excluding carboxylic acids is 2. The van der Waals surface area contributed by atoms with Crippen LogP contribution in [0.5, 0.6) is 0 Å². The molecule has 2 atom stereocenters. The van der Waals surface area contributed by atoms with Crippen molar-refractivity contribution in [3.8, 4) is 0 Å². The van der Waals surface area contributed by atoms with E-state index < -0.39 is 22.1 Å². The molecule has 1 unspecified atom stereocenters. The molecule has 0 aliphatic heterocycles. The Bertz CT molecular complexity index is 462. The van der Waals surface area contributed by atoms with E-state index in [4.69, 9.17) is 0 Å². The van der Waals surface area contributed by atoms with Gasteiger partial charge in [0, 0.05) is 19.2 Å². The van der Waals surface area contributed by atoms with E-state index in [9.17, 15) is 13.8 Å². The van der Waals surface area contributed by atoms with Crippen LogP contribution in [0, 0.1) is 0 Å². The van der Waals surface area contributed by atoms with Gasteiger partial charge in [0.15, 0.2) is 5.37 Å². The number of amides is 2. The molecule has 0 heterocycles. The summed E-state index contributed by atoms with van der Waals surface area (Å²) in [6, 6.07) is 9.39. The van der Waals surface area contributed by atoms with Crippen LogP contribution in [-0.4, -0.2) is 27.1 Å². The number of nitrogens with one attached hydrogen (secondary N) is 2. The minimum absolute atomic E-state index is 0.309. The maximum Gasteiger partial charge on any atom is 0.256 e. The monoisotopic (exact) mass is 282 g/mol. The van der Waals surface area contributed by atoms with Gasteiger partial charge in [-0.15, -0.1) is 0 Å². The van der Waals surface area contributed by atoms with E-state index in [1.807, 2.05) is 30.3 Å². The summed E-state index contributed by atoms with van der Waals surface area (Å²) in [5.41, 5.74) is 0.944. The Morgan fingerprint density at radius 2 is 1.89 bits per heavy atom. The molecule has 0 bridgehead atoms. The van der Waals surface area contributed by atoms with Gasteiger partial charge in [-0.2, -0.15) is 0 Å². The molecule has 1 aromatic rings. The fraction of sp³-hybridized carbons (Fsp3) is 0.385. The molecular formula is C13H18N2O3S. The van der Waals surface area contributed by atoms with Crippen molar-refractivity contribution in [2.45, 2.75) is 25.8 Å². The van der Waals surface area contributed by atoms with E-state index in [0.717, 1.165) is 5.56 Å². The zero-order valence-electron chi connectivity index (χ0n) is 11.0. The van der Waals surface area contributed by atoms with Crippen molar-refractivity contribution < 1.29 is 13.8 Å². The molecule has 0 radical (unpaired) electrons. The van der Waals surface area contributed by atoms with Crippen molar-refractivity contribution in [3.05, 3.63) is 35.9 Å². The van der Waals surface area contributed by atoms with Crippen LogP contribution < -0.4 is 10.6 Å². The zero-order chi connectivity index (χ0) is 14.3. The minimum atomic E-state index is -1.42. The molecule has 1 rings (SSSR count). The molecule has 0 saturated carbocycles. The fourth-order valence-corrected chi connectivity index (χ4v) is 2.43. The molecule has 6 heteroatoms. The largest absolute Gasteiger partial charge is 0.349 e. The highest BCUT2D eigenvalue weighted by atomic mass is 32.2. The molecule has 19 heavy (non-hydrogen) atoms. The average Bonchev–Trinajstić information content (AvgIpc) is 2.42. The Balaban J connectivity index is 2.62. The molecule has 0 spiro atoms. The third-order valence-corrected chi connectivity index (χ3v) is 3.86. The summed E-state index contributed by atoms with van der Waals surface area (Å²) < 4.78 is 11.7. The first-order valence-electron chi connectivity index (χ1n) is 6.00. The molecule has 104 valence electrons. The average molecular weight is 282 g/mol. The number of carbonyl (C=O) groups is 2. The van der Waals surface area contributed by atoms with Crippen LogP contribution in [0.15, 0.2) is 30.3 Å². The highest BCUT2D eigenvalue weighted by Crippen LogP contribution is 1.99. The Morgan fingerprint density at radius 1 is 1.26 bits per heavy atom. The number of rotatable bonds is 6. The Morgan fingerprint density at radius 3 is 2.42 bits per heavy atom. The standard InChI is InChI=1S/C13H18N2O3S/c1-3-19(18)13(15-10(2)16)12(17)14-9-11-7-5-4-6-8-11/h4-8,13H,3,9H2,1-2H3,(H,14,17)(H,15,16)/t13?,19-/m0/s1. The smallest absolute Gasteiger partial charge is 0.256 e. The summed E-state index contributed by atoms with van der Waals surface area (Å²) in [6.07, 6.45) is 0. The maximum atomic E-state index is 11.9. The van der Waals surface area contributed by atoms with E-state index in [0.29, 0.717) is 12.3 Å². The topological polar surface area (TPSA) is 75.3 Å². The lowest BCUT2D eigenvalue weighted by Gasteiger charge is -2.16. The summed E-state index contributed by atoms with van der Waals surface area (Å²) >= 11 is 0. The third kappa shape index (κ3) is 5.21. The molecule has 5 nitrogen and oxygen atoms in total.